The minimum atomic E-state index is -1.56. The number of unbranched alkanes of at least 4 members (excludes halogenated alkanes) is 2. The number of hydrogen-bond donors (Lipinski definition) is 19. The Morgan fingerprint density at radius 1 is 0.684 bits per heavy atom. The number of carbonyl (C=O) groups is 14. The number of aliphatic hydroxyl groups is 1. The maximum absolute atomic E-state index is 14.8. The Morgan fingerprint density at radius 2 is 1.35 bits per heavy atom. The van der Waals surface area contributed by atoms with Crippen LogP contribution in [0, 0.1) is 23.2 Å². The summed E-state index contributed by atoms with van der Waals surface area (Å²) >= 11 is 1.02. The lowest BCUT2D eigenvalue weighted by Crippen LogP contribution is -2.59. The van der Waals surface area contributed by atoms with Gasteiger partial charge in [-0.25, -0.2) is 29.6 Å². The Balaban J connectivity index is 1.23. The van der Waals surface area contributed by atoms with Crippen LogP contribution in [0.2, 0.25) is 0 Å². The first-order chi connectivity index (χ1) is 55.7. The number of nitrogens with one attached hydrogen (secondary N) is 13. The molecule has 1 aromatic heterocycles. The number of aliphatic hydroxyl groups excluding tert-OH is 1. The van der Waals surface area contributed by atoms with E-state index in [0.29, 0.717) is 61.8 Å². The zero-order valence-electron chi connectivity index (χ0n) is 67.3. The normalized spacial score (nSPS) is 14.9. The third-order valence-corrected chi connectivity index (χ3v) is 22.2. The monoisotopic (exact) mass is 1700 g/mol. The van der Waals surface area contributed by atoms with Gasteiger partial charge in [-0.05, 0) is 125 Å². The fourth-order valence-electron chi connectivity index (χ4n) is 12.2. The third-order valence-electron chi connectivity index (χ3n) is 18.9. The predicted molar refractivity (Wildman–Crippen MR) is 436 cm³/mol. The van der Waals surface area contributed by atoms with Gasteiger partial charge in [-0.2, -0.15) is 0 Å². The number of thiazole rings is 1. The largest absolute Gasteiger partial charge is 0.508 e. The summed E-state index contributed by atoms with van der Waals surface area (Å²) in [4.78, 5) is 189. The van der Waals surface area contributed by atoms with Gasteiger partial charge in [-0.1, -0.05) is 112 Å². The molecule has 38 nitrogen and oxygen atoms in total. The van der Waals surface area contributed by atoms with Crippen LogP contribution in [0.5, 0.6) is 5.75 Å². The molecule has 3 aromatic rings. The van der Waals surface area contributed by atoms with Crippen LogP contribution in [-0.2, 0) is 76.8 Å². The standard InChI is InChI=1S/C76H117N17O21S3/c1-8-16-63(101)114-44-93(71(107)64(46(5)9-2)89-69(106)57-18-11-14-33-92(57)7)58(45(3)4)41-59(95)70-87-56(43-115-70)68(105)84-51(38-48-23-25-52(94)26-24-48)37-47(6)65(102)90-91-76(112)113-34-36-117-116-35-32-79-66(103)55(40-62(99)100)86-67(104)53(17-15-31-80-73(77)78)85-60(96)39-49-19-21-50(22-20-49)42-83-74(110)81-29-12-10-13-30-82-75(111)88-54(72(108)109)27-28-61(97)98/h19-26,43,45-47,51,53-55,57-59,64,94-95H,8-18,27-42,44H2,1-7H3,(H,79,103)(H,84,105)(H,85,96)(H,86,104)(H,89,106)(H,90,102)(H,91,112)(H,97,98)(H,99,100)(H,108,109)(H4,77,78,80)(H2,81,83,110)(H2,82,88,111)/t46?,47-,51+,53-,54-,55-,57+,58+,59+,64-/m0/s1. The number of phenolic OH excluding ortho intramolecular Hbond substituents is 1. The maximum atomic E-state index is 14.8. The number of likely N-dealkylation sites (N-methyl/N-ethyl adjacent to an activating group) is 1. The van der Waals surface area contributed by atoms with Gasteiger partial charge >= 0.3 is 42.0 Å². The van der Waals surface area contributed by atoms with Crippen LogP contribution < -0.4 is 69.8 Å². The molecule has 0 radical (unpaired) electrons. The molecule has 2 aromatic carbocycles. The number of rotatable bonds is 53. The summed E-state index contributed by atoms with van der Waals surface area (Å²) in [6.45, 7) is 11.9. The van der Waals surface area contributed by atoms with E-state index in [-0.39, 0.29) is 136 Å². The Labute approximate surface area is 692 Å². The summed E-state index contributed by atoms with van der Waals surface area (Å²) in [6.07, 6.45) is 1.70. The maximum Gasteiger partial charge on any atom is 0.426 e. The quantitative estimate of drug-likeness (QED) is 0.00730. The molecule has 0 saturated carbocycles. The van der Waals surface area contributed by atoms with Crippen LogP contribution >= 0.6 is 32.9 Å². The molecule has 12 amide bonds. The summed E-state index contributed by atoms with van der Waals surface area (Å²) in [6, 6.07) is 4.72. The predicted octanol–water partition coefficient (Wildman–Crippen LogP) is 3.60. The van der Waals surface area contributed by atoms with Crippen LogP contribution in [0.25, 0.3) is 0 Å². The van der Waals surface area contributed by atoms with Crippen LogP contribution in [0.1, 0.15) is 183 Å². The second-order valence-corrected chi connectivity index (χ2v) is 32.3. The Hall–Kier alpha value is -10.3. The van der Waals surface area contributed by atoms with Gasteiger partial charge in [0.25, 0.3) is 5.91 Å². The summed E-state index contributed by atoms with van der Waals surface area (Å²) in [7, 11) is 4.41. The highest BCUT2D eigenvalue weighted by Crippen LogP contribution is 2.30. The first-order valence-corrected chi connectivity index (χ1v) is 42.5. The number of hydrazine groups is 1. The van der Waals surface area contributed by atoms with Crippen molar-refractivity contribution in [2.45, 2.75) is 212 Å². The van der Waals surface area contributed by atoms with Gasteiger partial charge in [0, 0.05) is 86.9 Å². The number of phenols is 1. The van der Waals surface area contributed by atoms with E-state index in [4.69, 9.17) is 25.7 Å². The number of urea groups is 2. The molecule has 1 aliphatic heterocycles. The number of likely N-dealkylation sites (tertiary alicyclic amines) is 1. The number of esters is 1. The number of aromatic hydroxyl groups is 1. The van der Waals surface area contributed by atoms with Gasteiger partial charge in [0.15, 0.2) is 12.7 Å². The number of aromatic nitrogens is 1. The summed E-state index contributed by atoms with van der Waals surface area (Å²) in [5.74, 6) is -9.98. The number of carboxylic acids is 3. The van der Waals surface area contributed by atoms with Gasteiger partial charge in [0.2, 0.25) is 35.4 Å². The van der Waals surface area contributed by atoms with E-state index in [1.807, 2.05) is 46.6 Å². The molecule has 0 aliphatic carbocycles. The number of nitrogens with zero attached hydrogens (tertiary/aromatic N) is 3. The number of guanidine groups is 1. The summed E-state index contributed by atoms with van der Waals surface area (Å²) in [5, 5.41) is 85.1. The van der Waals surface area contributed by atoms with Crippen LogP contribution in [-0.4, -0.2) is 237 Å². The molecule has 650 valence electrons. The molecule has 20 N–H and O–H groups in total. The second kappa shape index (κ2) is 53.9. The highest BCUT2D eigenvalue weighted by atomic mass is 33.1. The molecule has 1 aliphatic rings. The Morgan fingerprint density at radius 3 is 1.99 bits per heavy atom. The number of nitrogens with two attached hydrogens (primary N) is 1. The average Bonchev–Trinajstić information content (AvgIpc) is 1.79. The van der Waals surface area contributed by atoms with Gasteiger partial charge in [0.1, 0.15) is 53.3 Å². The zero-order chi connectivity index (χ0) is 86.5. The molecule has 10 atom stereocenters. The van der Waals surface area contributed by atoms with Crippen molar-refractivity contribution >= 4 is 122 Å². The molecular formula is C76H117N17O21S3. The topological polar surface area (TPSA) is 572 Å². The highest BCUT2D eigenvalue weighted by molar-refractivity contribution is 8.76. The van der Waals surface area contributed by atoms with Crippen molar-refractivity contribution in [1.82, 2.24) is 78.8 Å². The Kier molecular flexibility index (Phi) is 45.6. The van der Waals surface area contributed by atoms with Crippen molar-refractivity contribution in [3.8, 4) is 5.75 Å². The van der Waals surface area contributed by atoms with Gasteiger partial charge in [-0.15, -0.1) is 11.3 Å². The van der Waals surface area contributed by atoms with E-state index in [1.54, 1.807) is 43.3 Å². The van der Waals surface area contributed by atoms with Crippen molar-refractivity contribution in [3.05, 3.63) is 81.3 Å². The van der Waals surface area contributed by atoms with E-state index < -0.39 is 151 Å². The fraction of sp³-hybridized carbons (Fsp3) is 0.605. The average molecular weight is 1700 g/mol. The van der Waals surface area contributed by atoms with E-state index in [1.165, 1.54) is 44.0 Å². The first kappa shape index (κ1) is 99.1. The van der Waals surface area contributed by atoms with E-state index in [0.717, 1.165) is 30.7 Å². The number of carboxylic acid groups (broad SMARTS) is 3. The highest BCUT2D eigenvalue weighted by Gasteiger charge is 2.39. The number of hydrogen-bond acceptors (Lipinski definition) is 24. The zero-order valence-corrected chi connectivity index (χ0v) is 69.7. The van der Waals surface area contributed by atoms with Crippen LogP contribution in [0.4, 0.5) is 14.4 Å². The molecule has 2 heterocycles. The SMILES string of the molecule is CCCC(=O)OCN(C(=O)[C@@H](NC(=O)[C@H]1CCCCN1C)C(C)CC)[C@H](C[C@@H](O)c1nc(C(=O)N[C@@H](Cc2ccc(O)cc2)C[C@H](C)C(=O)NNC(=O)OCCSSCCNC(=O)[C@H](CC(=O)O)NC(=O)[C@H](CCCNC(=N)N)NC(=O)Cc2ccc(CNC(=O)NCCCCCNC(=O)N[C@@H](CCC(=O)O)C(=O)O)cc2)cs1)C(C)C. The molecular weight excluding hydrogens is 1580 g/mol. The smallest absolute Gasteiger partial charge is 0.426 e. The minimum absolute atomic E-state index is 0.00614. The molecule has 1 fully saturated rings. The molecule has 117 heavy (non-hydrogen) atoms. The number of aliphatic carboxylic acids is 3. The second-order valence-electron chi connectivity index (χ2n) is 28.7. The molecule has 0 bridgehead atoms. The number of piperidine rings is 1. The van der Waals surface area contributed by atoms with Gasteiger partial charge in [0.05, 0.1) is 18.9 Å². The van der Waals surface area contributed by atoms with Gasteiger partial charge in [-0.3, -0.25) is 63.7 Å². The van der Waals surface area contributed by atoms with E-state index in [9.17, 15) is 87.5 Å². The lowest BCUT2D eigenvalue weighted by Gasteiger charge is -2.39. The van der Waals surface area contributed by atoms with E-state index >= 15 is 0 Å². The van der Waals surface area contributed by atoms with Crippen molar-refractivity contribution in [2.75, 3.05) is 64.6 Å². The van der Waals surface area contributed by atoms with Crippen molar-refractivity contribution in [3.63, 3.8) is 0 Å². The molecule has 41 heteroatoms. The van der Waals surface area contributed by atoms with Crippen molar-refractivity contribution in [2.24, 2.45) is 23.5 Å². The lowest BCUT2D eigenvalue weighted by molar-refractivity contribution is -0.159. The molecule has 1 unspecified atom stereocenters. The first-order valence-electron chi connectivity index (χ1n) is 39.1. The molecule has 0 spiro atoms. The summed E-state index contributed by atoms with van der Waals surface area (Å²) < 4.78 is 10.9. The number of carbonyl (C=O) groups excluding carboxylic acids is 11. The number of benzene rings is 2. The summed E-state index contributed by atoms with van der Waals surface area (Å²) in [5.41, 5.74) is 11.8. The van der Waals surface area contributed by atoms with Crippen LogP contribution in [0.15, 0.2) is 53.9 Å². The number of ether oxygens (including phenoxy) is 2. The van der Waals surface area contributed by atoms with Crippen molar-refractivity contribution < 1.29 is 102 Å². The lowest BCUT2D eigenvalue weighted by atomic mass is 9.92. The fourth-order valence-corrected chi connectivity index (χ4v) is 14.7. The number of amides is 12. The van der Waals surface area contributed by atoms with E-state index in [2.05, 4.69) is 69.0 Å². The van der Waals surface area contributed by atoms with Crippen molar-refractivity contribution in [1.29, 1.82) is 5.41 Å². The Bertz CT molecular complexity index is 3730. The van der Waals surface area contributed by atoms with Gasteiger partial charge < -0.3 is 98.8 Å². The minimum Gasteiger partial charge on any atom is -0.508 e. The third kappa shape index (κ3) is 39.0. The van der Waals surface area contributed by atoms with Crippen LogP contribution in [0.3, 0.4) is 0 Å². The molecule has 1 saturated heterocycles. The molecule has 4 rings (SSSR count).